The van der Waals surface area contributed by atoms with E-state index in [1.165, 1.54) is 11.1 Å². The van der Waals surface area contributed by atoms with Gasteiger partial charge in [-0.05, 0) is 30.2 Å². The molecule has 17 heavy (non-hydrogen) atoms. The molecule has 2 aromatic carbocycles. The third-order valence-corrected chi connectivity index (χ3v) is 2.50. The van der Waals surface area contributed by atoms with Crippen LogP contribution in [0.15, 0.2) is 65.7 Å². The molecule has 1 nitrogen and oxygen atoms in total. The predicted molar refractivity (Wildman–Crippen MR) is 74.8 cm³/mol. The molecule has 2 rings (SSSR count). The van der Waals surface area contributed by atoms with Crippen LogP contribution in [0, 0.1) is 6.92 Å². The second-order valence-corrected chi connectivity index (χ2v) is 3.83. The third-order valence-electron chi connectivity index (χ3n) is 2.50. The van der Waals surface area contributed by atoms with E-state index in [4.69, 9.17) is 0 Å². The summed E-state index contributed by atoms with van der Waals surface area (Å²) in [6, 6.07) is 18.3. The van der Waals surface area contributed by atoms with Gasteiger partial charge in [0.25, 0.3) is 0 Å². The van der Waals surface area contributed by atoms with Crippen molar-refractivity contribution in [3.8, 4) is 0 Å². The summed E-state index contributed by atoms with van der Waals surface area (Å²) in [4.78, 5) is 4.41. The Balaban J connectivity index is 2.04. The maximum absolute atomic E-state index is 4.41. The number of para-hydroxylation sites is 1. The molecule has 0 unspecified atom stereocenters. The van der Waals surface area contributed by atoms with Crippen molar-refractivity contribution in [1.29, 1.82) is 0 Å². The van der Waals surface area contributed by atoms with Crippen LogP contribution in [0.1, 0.15) is 11.1 Å². The van der Waals surface area contributed by atoms with Crippen molar-refractivity contribution in [3.63, 3.8) is 0 Å². The fourth-order valence-electron chi connectivity index (χ4n) is 1.55. The number of benzene rings is 2. The van der Waals surface area contributed by atoms with Gasteiger partial charge in [0.05, 0.1) is 5.69 Å². The van der Waals surface area contributed by atoms with Gasteiger partial charge in [0.15, 0.2) is 0 Å². The minimum absolute atomic E-state index is 1.02. The van der Waals surface area contributed by atoms with Crippen LogP contribution in [0.4, 0.5) is 5.69 Å². The van der Waals surface area contributed by atoms with Gasteiger partial charge in [0.2, 0.25) is 0 Å². The zero-order valence-electron chi connectivity index (χ0n) is 9.88. The summed E-state index contributed by atoms with van der Waals surface area (Å²) < 4.78 is 0. The molecule has 0 atom stereocenters. The van der Waals surface area contributed by atoms with Gasteiger partial charge in [-0.15, -0.1) is 0 Å². The molecule has 0 aliphatic rings. The van der Waals surface area contributed by atoms with Gasteiger partial charge < -0.3 is 0 Å². The summed E-state index contributed by atoms with van der Waals surface area (Å²) in [5.41, 5.74) is 3.39. The molecule has 84 valence electrons. The number of rotatable bonds is 3. The number of aryl methyl sites for hydroxylation is 1. The second-order valence-electron chi connectivity index (χ2n) is 3.83. The summed E-state index contributed by atoms with van der Waals surface area (Å²) in [5.74, 6) is 0. The van der Waals surface area contributed by atoms with Crippen LogP contribution in [0.2, 0.25) is 0 Å². The lowest BCUT2D eigenvalue weighted by atomic mass is 10.2. The first-order valence-electron chi connectivity index (χ1n) is 5.68. The number of hydrogen-bond acceptors (Lipinski definition) is 1. The van der Waals surface area contributed by atoms with Crippen LogP contribution in [-0.4, -0.2) is 6.21 Å². The van der Waals surface area contributed by atoms with Crippen LogP contribution >= 0.6 is 0 Å². The van der Waals surface area contributed by atoms with E-state index in [1.807, 2.05) is 54.8 Å². The molecule has 0 aromatic heterocycles. The number of aliphatic imine (C=N–C) groups is 1. The van der Waals surface area contributed by atoms with E-state index in [-0.39, 0.29) is 0 Å². The minimum atomic E-state index is 1.02. The molecule has 0 aliphatic carbocycles. The Labute approximate surface area is 102 Å². The zero-order chi connectivity index (χ0) is 11.9. The predicted octanol–water partition coefficient (Wildman–Crippen LogP) is 4.41. The van der Waals surface area contributed by atoms with Crippen LogP contribution in [0.5, 0.6) is 0 Å². The van der Waals surface area contributed by atoms with Crippen molar-refractivity contribution in [2.24, 2.45) is 4.99 Å². The van der Waals surface area contributed by atoms with Crippen LogP contribution in [0.3, 0.4) is 0 Å². The average Bonchev–Trinajstić information content (AvgIpc) is 2.38. The normalized spacial score (nSPS) is 11.4. The highest BCUT2D eigenvalue weighted by molar-refractivity contribution is 5.80. The first-order valence-corrected chi connectivity index (χ1v) is 5.68. The van der Waals surface area contributed by atoms with E-state index in [0.29, 0.717) is 0 Å². The molecule has 0 spiro atoms. The third kappa shape index (κ3) is 3.42. The highest BCUT2D eigenvalue weighted by atomic mass is 14.7. The Morgan fingerprint density at radius 1 is 0.882 bits per heavy atom. The van der Waals surface area contributed by atoms with Gasteiger partial charge in [-0.3, -0.25) is 4.99 Å². The van der Waals surface area contributed by atoms with E-state index in [9.17, 15) is 0 Å². The van der Waals surface area contributed by atoms with Crippen molar-refractivity contribution < 1.29 is 0 Å². The second kappa shape index (κ2) is 5.80. The van der Waals surface area contributed by atoms with Gasteiger partial charge in [-0.25, -0.2) is 0 Å². The molecular weight excluding hydrogens is 206 g/mol. The maximum Gasteiger partial charge on any atom is 0.0658 e. The van der Waals surface area contributed by atoms with Crippen molar-refractivity contribution in [1.82, 2.24) is 0 Å². The molecule has 0 radical (unpaired) electrons. The highest BCUT2D eigenvalue weighted by Gasteiger charge is 1.90. The molecule has 0 saturated heterocycles. The molecule has 0 amide bonds. The number of allylic oxidation sites excluding steroid dienone is 1. The molecule has 0 saturated carbocycles. The van der Waals surface area contributed by atoms with Crippen LogP contribution < -0.4 is 0 Å². The summed E-state index contributed by atoms with van der Waals surface area (Å²) in [6.07, 6.45) is 5.83. The molecule has 0 fully saturated rings. The lowest BCUT2D eigenvalue weighted by Gasteiger charge is -1.96. The summed E-state index contributed by atoms with van der Waals surface area (Å²) in [7, 11) is 0. The molecule has 0 heterocycles. The fourth-order valence-corrected chi connectivity index (χ4v) is 1.55. The Morgan fingerprint density at radius 2 is 1.59 bits per heavy atom. The van der Waals surface area contributed by atoms with Gasteiger partial charge >= 0.3 is 0 Å². The standard InChI is InChI=1S/C16H15N/c1-14-8-5-6-12-16(14)17-13-7-11-15-9-3-2-4-10-15/h2-13H,1H3/b11-7+,17-13?. The smallest absolute Gasteiger partial charge is 0.0658 e. The van der Waals surface area contributed by atoms with E-state index in [2.05, 4.69) is 30.1 Å². The van der Waals surface area contributed by atoms with E-state index >= 15 is 0 Å². The van der Waals surface area contributed by atoms with E-state index < -0.39 is 0 Å². The quantitative estimate of drug-likeness (QED) is 0.681. The Hall–Kier alpha value is -2.15. The molecule has 0 N–H and O–H groups in total. The fraction of sp³-hybridized carbons (Fsp3) is 0.0625. The van der Waals surface area contributed by atoms with E-state index in [0.717, 1.165) is 5.69 Å². The molecule has 0 aliphatic heterocycles. The Bertz CT molecular complexity index is 524. The first kappa shape index (κ1) is 11.3. The zero-order valence-corrected chi connectivity index (χ0v) is 9.88. The lowest BCUT2D eigenvalue weighted by molar-refractivity contribution is 1.41. The number of hydrogen-bond donors (Lipinski definition) is 0. The van der Waals surface area contributed by atoms with Crippen molar-refractivity contribution >= 4 is 18.0 Å². The Kier molecular flexibility index (Phi) is 3.87. The lowest BCUT2D eigenvalue weighted by Crippen LogP contribution is -1.73. The maximum atomic E-state index is 4.41. The van der Waals surface area contributed by atoms with Gasteiger partial charge in [-0.1, -0.05) is 54.6 Å². The SMILES string of the molecule is Cc1ccccc1N=C/C=C/c1ccccc1. The van der Waals surface area contributed by atoms with Crippen molar-refractivity contribution in [2.45, 2.75) is 6.92 Å². The largest absolute Gasteiger partial charge is 0.257 e. The Morgan fingerprint density at radius 3 is 2.35 bits per heavy atom. The molecule has 1 heteroatoms. The first-order chi connectivity index (χ1) is 8.36. The van der Waals surface area contributed by atoms with Crippen molar-refractivity contribution in [2.75, 3.05) is 0 Å². The number of nitrogens with zero attached hydrogens (tertiary/aromatic N) is 1. The van der Waals surface area contributed by atoms with Gasteiger partial charge in [0, 0.05) is 6.21 Å². The minimum Gasteiger partial charge on any atom is -0.257 e. The molecular formula is C16H15N. The summed E-state index contributed by atoms with van der Waals surface area (Å²) in [6.45, 7) is 2.06. The van der Waals surface area contributed by atoms with Gasteiger partial charge in [-0.2, -0.15) is 0 Å². The monoisotopic (exact) mass is 221 g/mol. The average molecular weight is 221 g/mol. The van der Waals surface area contributed by atoms with Crippen LogP contribution in [0.25, 0.3) is 6.08 Å². The van der Waals surface area contributed by atoms with Gasteiger partial charge in [0.1, 0.15) is 0 Å². The highest BCUT2D eigenvalue weighted by Crippen LogP contribution is 2.16. The molecule has 0 bridgehead atoms. The summed E-state index contributed by atoms with van der Waals surface area (Å²) in [5, 5.41) is 0. The van der Waals surface area contributed by atoms with Crippen LogP contribution in [-0.2, 0) is 0 Å². The van der Waals surface area contributed by atoms with E-state index in [1.54, 1.807) is 0 Å². The summed E-state index contributed by atoms with van der Waals surface area (Å²) >= 11 is 0. The topological polar surface area (TPSA) is 12.4 Å². The molecule has 2 aromatic rings. The van der Waals surface area contributed by atoms with Crippen molar-refractivity contribution in [3.05, 3.63) is 71.8 Å².